The van der Waals surface area contributed by atoms with E-state index in [0.29, 0.717) is 26.8 Å². The first-order valence-electron chi connectivity index (χ1n) is 8.13. The molecule has 0 spiro atoms. The molecule has 1 unspecified atom stereocenters. The number of hydrogen-bond acceptors (Lipinski definition) is 9. The van der Waals surface area contributed by atoms with Gasteiger partial charge >= 0.3 is 0 Å². The number of nitro groups is 1. The van der Waals surface area contributed by atoms with Gasteiger partial charge in [0.25, 0.3) is 11.2 Å². The fourth-order valence-corrected chi connectivity index (χ4v) is 4.23. The van der Waals surface area contributed by atoms with Gasteiger partial charge < -0.3 is 4.42 Å². The van der Waals surface area contributed by atoms with E-state index in [9.17, 15) is 14.9 Å². The second-order valence-electron chi connectivity index (χ2n) is 5.90. The average Bonchev–Trinajstić information content (AvgIpc) is 3.35. The van der Waals surface area contributed by atoms with E-state index >= 15 is 0 Å². The lowest BCUT2D eigenvalue weighted by Gasteiger charge is -2.09. The van der Waals surface area contributed by atoms with Crippen LogP contribution >= 0.6 is 23.1 Å². The number of nitrogens with zero attached hydrogens (tertiary/aromatic N) is 5. The summed E-state index contributed by atoms with van der Waals surface area (Å²) in [4.78, 5) is 27.2. The molecular formula is C17H13N5O4S2. The van der Waals surface area contributed by atoms with Gasteiger partial charge in [-0.15, -0.1) is 21.5 Å². The molecule has 28 heavy (non-hydrogen) atoms. The van der Waals surface area contributed by atoms with Gasteiger partial charge in [-0.3, -0.25) is 19.5 Å². The predicted molar refractivity (Wildman–Crippen MR) is 106 cm³/mol. The maximum Gasteiger partial charge on any atom is 0.271 e. The fourth-order valence-electron chi connectivity index (χ4n) is 2.52. The highest BCUT2D eigenvalue weighted by Gasteiger charge is 2.20. The summed E-state index contributed by atoms with van der Waals surface area (Å²) in [6.45, 7) is 1.88. The van der Waals surface area contributed by atoms with E-state index in [2.05, 4.69) is 15.2 Å². The summed E-state index contributed by atoms with van der Waals surface area (Å²) >= 11 is 2.71. The zero-order valence-electron chi connectivity index (χ0n) is 14.7. The highest BCUT2D eigenvalue weighted by Crippen LogP contribution is 2.34. The monoisotopic (exact) mass is 415 g/mol. The number of non-ortho nitro benzene ring substituents is 1. The smallest absolute Gasteiger partial charge is 0.271 e. The molecule has 1 aromatic carbocycles. The van der Waals surface area contributed by atoms with Crippen LogP contribution in [0.4, 0.5) is 5.69 Å². The van der Waals surface area contributed by atoms with Crippen molar-refractivity contribution < 1.29 is 9.34 Å². The van der Waals surface area contributed by atoms with E-state index in [-0.39, 0.29) is 22.4 Å². The Hall–Kier alpha value is -3.05. The predicted octanol–water partition coefficient (Wildman–Crippen LogP) is 3.81. The van der Waals surface area contributed by atoms with E-state index in [1.807, 2.05) is 18.4 Å². The lowest BCUT2D eigenvalue weighted by atomic mass is 10.2. The van der Waals surface area contributed by atoms with Crippen LogP contribution in [0.25, 0.3) is 21.7 Å². The van der Waals surface area contributed by atoms with Crippen LogP contribution in [0.2, 0.25) is 0 Å². The molecule has 0 aliphatic carbocycles. The van der Waals surface area contributed by atoms with Gasteiger partial charge in [-0.05, 0) is 30.5 Å². The molecule has 0 saturated carbocycles. The Kier molecular flexibility index (Phi) is 4.69. The molecule has 0 N–H and O–H groups in total. The molecular weight excluding hydrogens is 402 g/mol. The Labute approximate surface area is 166 Å². The number of aromatic nitrogens is 4. The van der Waals surface area contributed by atoms with Gasteiger partial charge in [0.05, 0.1) is 15.7 Å². The number of fused-ring (bicyclic) bond motifs is 1. The molecule has 9 nitrogen and oxygen atoms in total. The fraction of sp³-hybridized carbons (Fsp3) is 0.176. The summed E-state index contributed by atoms with van der Waals surface area (Å²) in [7, 11) is 1.68. The molecule has 0 saturated heterocycles. The number of benzene rings is 1. The van der Waals surface area contributed by atoms with Crippen LogP contribution < -0.4 is 5.56 Å². The quantitative estimate of drug-likeness (QED) is 0.209. The van der Waals surface area contributed by atoms with Gasteiger partial charge in [-0.25, -0.2) is 4.98 Å². The number of nitro benzene ring substituents is 1. The number of hydrogen-bond donors (Lipinski definition) is 0. The maximum absolute atomic E-state index is 12.4. The van der Waals surface area contributed by atoms with Crippen LogP contribution in [0.15, 0.2) is 50.1 Å². The van der Waals surface area contributed by atoms with Crippen molar-refractivity contribution in [3.63, 3.8) is 0 Å². The molecule has 142 valence electrons. The minimum atomic E-state index is -0.469. The molecule has 0 fully saturated rings. The highest BCUT2D eigenvalue weighted by atomic mass is 32.2. The lowest BCUT2D eigenvalue weighted by molar-refractivity contribution is -0.384. The van der Waals surface area contributed by atoms with Crippen LogP contribution in [0.3, 0.4) is 0 Å². The average molecular weight is 415 g/mol. The molecule has 0 radical (unpaired) electrons. The second kappa shape index (κ2) is 7.17. The van der Waals surface area contributed by atoms with Crippen LogP contribution in [0.5, 0.6) is 0 Å². The van der Waals surface area contributed by atoms with E-state index in [1.165, 1.54) is 39.8 Å². The summed E-state index contributed by atoms with van der Waals surface area (Å²) in [5, 5.41) is 21.0. The summed E-state index contributed by atoms with van der Waals surface area (Å²) in [6, 6.07) is 7.70. The van der Waals surface area contributed by atoms with Gasteiger partial charge in [-0.2, -0.15) is 0 Å². The van der Waals surface area contributed by atoms with Gasteiger partial charge in [0.1, 0.15) is 4.70 Å². The Balaban J connectivity index is 1.58. The van der Waals surface area contributed by atoms with E-state index in [1.54, 1.807) is 19.2 Å². The summed E-state index contributed by atoms with van der Waals surface area (Å²) < 4.78 is 7.85. The van der Waals surface area contributed by atoms with Crippen molar-refractivity contribution in [1.82, 2.24) is 19.7 Å². The first kappa shape index (κ1) is 18.3. The van der Waals surface area contributed by atoms with Gasteiger partial charge in [0.2, 0.25) is 11.8 Å². The van der Waals surface area contributed by atoms with Crippen LogP contribution in [-0.4, -0.2) is 24.7 Å². The Morgan fingerprint density at radius 3 is 2.71 bits per heavy atom. The topological polar surface area (TPSA) is 117 Å². The first-order valence-corrected chi connectivity index (χ1v) is 9.89. The minimum absolute atomic E-state index is 0.0109. The van der Waals surface area contributed by atoms with Gasteiger partial charge in [0, 0.05) is 24.7 Å². The Bertz CT molecular complexity index is 1230. The van der Waals surface area contributed by atoms with Gasteiger partial charge in [-0.1, -0.05) is 11.8 Å². The minimum Gasteiger partial charge on any atom is -0.419 e. The zero-order valence-corrected chi connectivity index (χ0v) is 16.4. The van der Waals surface area contributed by atoms with E-state index in [4.69, 9.17) is 4.42 Å². The van der Waals surface area contributed by atoms with Crippen molar-refractivity contribution in [3.8, 4) is 11.5 Å². The molecule has 1 atom stereocenters. The van der Waals surface area contributed by atoms with Crippen molar-refractivity contribution in [2.24, 2.45) is 7.05 Å². The molecule has 0 aliphatic rings. The second-order valence-corrected chi connectivity index (χ2v) is 8.13. The summed E-state index contributed by atoms with van der Waals surface area (Å²) in [5.41, 5.74) is 1.15. The third-order valence-corrected chi connectivity index (χ3v) is 6.06. The van der Waals surface area contributed by atoms with Crippen molar-refractivity contribution >= 4 is 39.0 Å². The van der Waals surface area contributed by atoms with Crippen LogP contribution in [-0.2, 0) is 7.05 Å². The largest absolute Gasteiger partial charge is 0.419 e. The van der Waals surface area contributed by atoms with Crippen LogP contribution in [0.1, 0.15) is 18.1 Å². The molecule has 3 heterocycles. The van der Waals surface area contributed by atoms with Crippen molar-refractivity contribution in [1.29, 1.82) is 0 Å². The SMILES string of the molecule is CC(Sc1nc2ccsc2c(=O)n1C)c1nnc(-c2ccc([N+](=O)[O-])cc2)o1. The molecule has 4 aromatic rings. The number of thiophene rings is 1. The Morgan fingerprint density at radius 1 is 1.25 bits per heavy atom. The third kappa shape index (κ3) is 3.29. The third-order valence-electron chi connectivity index (χ3n) is 4.04. The maximum atomic E-state index is 12.4. The van der Waals surface area contributed by atoms with Crippen molar-refractivity contribution in [2.75, 3.05) is 0 Å². The first-order chi connectivity index (χ1) is 13.4. The molecule has 0 bridgehead atoms. The van der Waals surface area contributed by atoms with Crippen LogP contribution in [0, 0.1) is 10.1 Å². The molecule has 4 rings (SSSR count). The summed E-state index contributed by atoms with van der Waals surface area (Å²) in [5.74, 6) is 0.644. The molecule has 3 aromatic heterocycles. The number of thioether (sulfide) groups is 1. The molecule has 0 amide bonds. The molecule has 0 aliphatic heterocycles. The standard InChI is InChI=1S/C17H13N5O4S2/c1-9(28-17-18-12-7-8-27-13(12)16(23)21(17)2)14-19-20-15(26-14)10-3-5-11(6-4-10)22(24)25/h3-9H,1-2H3. The van der Waals surface area contributed by atoms with Crippen molar-refractivity contribution in [2.45, 2.75) is 17.3 Å². The van der Waals surface area contributed by atoms with E-state index < -0.39 is 4.92 Å². The lowest BCUT2D eigenvalue weighted by Crippen LogP contribution is -2.19. The Morgan fingerprint density at radius 2 is 2.00 bits per heavy atom. The van der Waals surface area contributed by atoms with Crippen molar-refractivity contribution in [3.05, 3.63) is 62.1 Å². The zero-order chi connectivity index (χ0) is 19.8. The molecule has 11 heteroatoms. The summed E-state index contributed by atoms with van der Waals surface area (Å²) in [6.07, 6.45) is 0. The van der Waals surface area contributed by atoms with Gasteiger partial charge in [0.15, 0.2) is 5.16 Å². The normalized spacial score (nSPS) is 12.4. The number of rotatable bonds is 5. The highest BCUT2D eigenvalue weighted by molar-refractivity contribution is 7.99. The van der Waals surface area contributed by atoms with E-state index in [0.717, 1.165) is 0 Å².